The molecule has 3 atom stereocenters. The molecule has 0 aromatic rings. The van der Waals surface area contributed by atoms with Crippen LogP contribution in [-0.2, 0) is 4.74 Å². The lowest BCUT2D eigenvalue weighted by molar-refractivity contribution is -0.0208. The molecule has 1 saturated heterocycles. The quantitative estimate of drug-likeness (QED) is 0.687. The van der Waals surface area contributed by atoms with E-state index in [-0.39, 0.29) is 0 Å². The van der Waals surface area contributed by atoms with Crippen LogP contribution in [0.4, 0.5) is 0 Å². The maximum atomic E-state index is 6.38. The van der Waals surface area contributed by atoms with Gasteiger partial charge in [0.15, 0.2) is 0 Å². The van der Waals surface area contributed by atoms with Crippen LogP contribution in [0.3, 0.4) is 0 Å². The predicted molar refractivity (Wildman–Crippen MR) is 106 cm³/mol. The maximum Gasteiger partial charge on any atom is 0.0981 e. The Morgan fingerprint density at radius 3 is 2.40 bits per heavy atom. The Morgan fingerprint density at radius 2 is 1.60 bits per heavy atom. The van der Waals surface area contributed by atoms with Gasteiger partial charge in [-0.2, -0.15) is 0 Å². The molecule has 2 aliphatic rings. The molecule has 0 amide bonds. The monoisotopic (exact) mass is 353 g/mol. The van der Waals surface area contributed by atoms with Crippen molar-refractivity contribution in [1.29, 1.82) is 0 Å². The van der Waals surface area contributed by atoms with Gasteiger partial charge in [-0.05, 0) is 50.4 Å². The van der Waals surface area contributed by atoms with Gasteiger partial charge in [-0.15, -0.1) is 0 Å². The summed E-state index contributed by atoms with van der Waals surface area (Å²) in [6.07, 6.45) is 18.0. The van der Waals surface area contributed by atoms with E-state index in [1.54, 1.807) is 0 Å². The zero-order valence-corrected chi connectivity index (χ0v) is 16.8. The topological polar surface area (TPSA) is 45.3 Å². The molecule has 1 saturated carbocycles. The van der Waals surface area contributed by atoms with Gasteiger partial charge in [0.2, 0.25) is 0 Å². The molecular formula is C21H43N3O. The van der Waals surface area contributed by atoms with Crippen molar-refractivity contribution >= 4 is 0 Å². The second-order valence-corrected chi connectivity index (χ2v) is 8.40. The van der Waals surface area contributed by atoms with E-state index >= 15 is 0 Å². The van der Waals surface area contributed by atoms with E-state index in [9.17, 15) is 0 Å². The molecule has 4 nitrogen and oxygen atoms in total. The van der Waals surface area contributed by atoms with Crippen molar-refractivity contribution in [2.75, 3.05) is 13.3 Å². The Kier molecular flexibility index (Phi) is 11.1. The fraction of sp³-hybridized carbons (Fsp3) is 1.00. The fourth-order valence-corrected chi connectivity index (χ4v) is 4.45. The largest absolute Gasteiger partial charge is 0.363 e. The maximum absolute atomic E-state index is 6.38. The number of rotatable bonds is 3. The Morgan fingerprint density at radius 1 is 0.880 bits per heavy atom. The summed E-state index contributed by atoms with van der Waals surface area (Å²) in [6.45, 7) is 6.39. The van der Waals surface area contributed by atoms with Crippen molar-refractivity contribution in [2.24, 2.45) is 11.8 Å². The van der Waals surface area contributed by atoms with Gasteiger partial charge < -0.3 is 4.74 Å². The van der Waals surface area contributed by atoms with Crippen LogP contribution in [0.15, 0.2) is 0 Å². The Bertz CT molecular complexity index is 320. The third-order valence-corrected chi connectivity index (χ3v) is 6.09. The van der Waals surface area contributed by atoms with Crippen LogP contribution in [0.5, 0.6) is 0 Å². The van der Waals surface area contributed by atoms with Crippen LogP contribution >= 0.6 is 0 Å². The molecule has 3 N–H and O–H groups in total. The minimum absolute atomic E-state index is 0.305. The number of hydrogen-bond acceptors (Lipinski definition) is 4. The summed E-state index contributed by atoms with van der Waals surface area (Å²) < 4.78 is 6.38. The highest BCUT2D eigenvalue weighted by molar-refractivity contribution is 4.75. The summed E-state index contributed by atoms with van der Waals surface area (Å²) in [4.78, 5) is 0. The lowest BCUT2D eigenvalue weighted by Crippen LogP contribution is -2.50. The number of hydrogen-bond donors (Lipinski definition) is 3. The van der Waals surface area contributed by atoms with Gasteiger partial charge in [-0.3, -0.25) is 10.7 Å². The van der Waals surface area contributed by atoms with Crippen molar-refractivity contribution < 1.29 is 4.74 Å². The molecular weight excluding hydrogens is 310 g/mol. The molecule has 0 bridgehead atoms. The molecule has 2 rings (SSSR count). The van der Waals surface area contributed by atoms with E-state index in [1.807, 2.05) is 0 Å². The molecule has 3 unspecified atom stereocenters. The van der Waals surface area contributed by atoms with Crippen LogP contribution in [-0.4, -0.2) is 25.5 Å². The highest BCUT2D eigenvalue weighted by Crippen LogP contribution is 2.30. The lowest BCUT2D eigenvalue weighted by atomic mass is 9.83. The first kappa shape index (κ1) is 21.1. The third-order valence-electron chi connectivity index (χ3n) is 6.09. The molecule has 1 heterocycles. The smallest absolute Gasteiger partial charge is 0.0981 e. The van der Waals surface area contributed by atoms with Crippen LogP contribution < -0.4 is 16.2 Å². The zero-order valence-electron chi connectivity index (χ0n) is 16.8. The third kappa shape index (κ3) is 8.85. The van der Waals surface area contributed by atoms with E-state index in [1.165, 1.54) is 77.0 Å². The molecule has 1 aliphatic heterocycles. The summed E-state index contributed by atoms with van der Waals surface area (Å²) in [6, 6.07) is 0. The number of hydrazine groups is 1. The fourth-order valence-electron chi connectivity index (χ4n) is 4.45. The van der Waals surface area contributed by atoms with Gasteiger partial charge >= 0.3 is 0 Å². The summed E-state index contributed by atoms with van der Waals surface area (Å²) in [5.41, 5.74) is 6.88. The van der Waals surface area contributed by atoms with Crippen LogP contribution in [0, 0.1) is 11.8 Å². The Labute approximate surface area is 156 Å². The number of ether oxygens (including phenoxy) is 1. The lowest BCUT2D eigenvalue weighted by Gasteiger charge is -2.31. The van der Waals surface area contributed by atoms with Crippen molar-refractivity contribution in [2.45, 2.75) is 110 Å². The molecule has 148 valence electrons. The molecule has 0 radical (unpaired) electrons. The van der Waals surface area contributed by atoms with Crippen LogP contribution in [0.2, 0.25) is 0 Å². The van der Waals surface area contributed by atoms with Crippen molar-refractivity contribution in [3.05, 3.63) is 0 Å². The van der Waals surface area contributed by atoms with Crippen LogP contribution in [0.1, 0.15) is 97.3 Å². The Hall–Kier alpha value is -0.160. The number of nitrogens with one attached hydrogen (secondary N) is 3. The molecule has 1 aliphatic carbocycles. The Balaban J connectivity index is 1.87. The van der Waals surface area contributed by atoms with Crippen molar-refractivity contribution in [3.63, 3.8) is 0 Å². The van der Waals surface area contributed by atoms with Crippen LogP contribution in [0.25, 0.3) is 0 Å². The SMILES string of the molecule is CCCC1NCOC(C2CCCCC2)CCCCC(C)CCCNN1. The molecule has 25 heavy (non-hydrogen) atoms. The standard InChI is InChI=1S/C21H43N3O/c1-3-10-21-22-17-25-20(19-13-5-4-6-14-19)15-8-7-11-18(2)12-9-16-23-24-21/h18-24H,3-17H2,1-2H3. The first-order valence-electron chi connectivity index (χ1n) is 11.1. The summed E-state index contributed by atoms with van der Waals surface area (Å²) >= 11 is 0. The minimum atomic E-state index is 0.305. The van der Waals surface area contributed by atoms with E-state index in [0.717, 1.165) is 24.8 Å². The van der Waals surface area contributed by atoms with Crippen molar-refractivity contribution in [1.82, 2.24) is 16.2 Å². The predicted octanol–water partition coefficient (Wildman–Crippen LogP) is 4.71. The van der Waals surface area contributed by atoms with E-state index < -0.39 is 0 Å². The molecule has 4 heteroatoms. The van der Waals surface area contributed by atoms with Gasteiger partial charge in [0.05, 0.1) is 19.0 Å². The van der Waals surface area contributed by atoms with Gasteiger partial charge in [0.1, 0.15) is 0 Å². The second kappa shape index (κ2) is 13.1. The van der Waals surface area contributed by atoms with E-state index in [0.29, 0.717) is 19.0 Å². The normalized spacial score (nSPS) is 32.6. The first-order valence-corrected chi connectivity index (χ1v) is 11.1. The van der Waals surface area contributed by atoms with E-state index in [4.69, 9.17) is 4.74 Å². The molecule has 2 fully saturated rings. The second-order valence-electron chi connectivity index (χ2n) is 8.40. The van der Waals surface area contributed by atoms with E-state index in [2.05, 4.69) is 30.0 Å². The summed E-state index contributed by atoms with van der Waals surface area (Å²) in [7, 11) is 0. The first-order chi connectivity index (χ1) is 12.3. The summed E-state index contributed by atoms with van der Waals surface area (Å²) in [5, 5.41) is 3.57. The van der Waals surface area contributed by atoms with Gasteiger partial charge in [0.25, 0.3) is 0 Å². The average molecular weight is 354 g/mol. The van der Waals surface area contributed by atoms with Gasteiger partial charge in [-0.25, -0.2) is 5.43 Å². The van der Waals surface area contributed by atoms with Gasteiger partial charge in [0, 0.05) is 6.54 Å². The minimum Gasteiger partial charge on any atom is -0.363 e. The highest BCUT2D eigenvalue weighted by Gasteiger charge is 2.24. The van der Waals surface area contributed by atoms with Crippen molar-refractivity contribution in [3.8, 4) is 0 Å². The van der Waals surface area contributed by atoms with Gasteiger partial charge in [-0.1, -0.05) is 58.8 Å². The molecule has 0 aromatic heterocycles. The summed E-state index contributed by atoms with van der Waals surface area (Å²) in [5.74, 6) is 1.64. The molecule has 0 aromatic carbocycles. The highest BCUT2D eigenvalue weighted by atomic mass is 16.5. The average Bonchev–Trinajstić information content (AvgIpc) is 2.64. The molecule has 0 spiro atoms. The zero-order chi connectivity index (χ0) is 17.7.